The van der Waals surface area contributed by atoms with E-state index in [-0.39, 0.29) is 16.8 Å². The van der Waals surface area contributed by atoms with Gasteiger partial charge in [-0.25, -0.2) is 9.37 Å². The van der Waals surface area contributed by atoms with Crippen LogP contribution in [0.25, 0.3) is 11.0 Å². The van der Waals surface area contributed by atoms with Gasteiger partial charge in [0.05, 0.1) is 33.0 Å². The van der Waals surface area contributed by atoms with Crippen LogP contribution in [-0.4, -0.2) is 22.3 Å². The van der Waals surface area contributed by atoms with E-state index in [2.05, 4.69) is 25.5 Å². The molecule has 0 saturated heterocycles. The first-order valence-corrected chi connectivity index (χ1v) is 8.23. The Morgan fingerprint density at radius 3 is 2.76 bits per heavy atom. The first kappa shape index (κ1) is 15.3. The number of hydrogen-bond acceptors (Lipinski definition) is 2. The van der Waals surface area contributed by atoms with Crippen molar-refractivity contribution < 1.29 is 9.13 Å². The fourth-order valence-electron chi connectivity index (χ4n) is 2.89. The Bertz CT molecular complexity index is 676. The molecule has 0 aliphatic heterocycles. The average Bonchev–Trinajstić information content (AvgIpc) is 2.73. The molecule has 0 radical (unpaired) electrons. The summed E-state index contributed by atoms with van der Waals surface area (Å²) < 4.78 is 21.9. The summed E-state index contributed by atoms with van der Waals surface area (Å²) in [4.78, 5) is 4.51. The molecule has 0 bridgehead atoms. The van der Waals surface area contributed by atoms with E-state index >= 15 is 0 Å². The van der Waals surface area contributed by atoms with E-state index in [1.165, 1.54) is 12.5 Å². The predicted octanol–water partition coefficient (Wildman–Crippen LogP) is 4.81. The summed E-state index contributed by atoms with van der Waals surface area (Å²) in [7, 11) is 1.75. The molecule has 1 heterocycles. The van der Waals surface area contributed by atoms with Gasteiger partial charge >= 0.3 is 0 Å². The highest BCUT2D eigenvalue weighted by molar-refractivity contribution is 9.10. The summed E-state index contributed by atoms with van der Waals surface area (Å²) in [6.45, 7) is 2.58. The van der Waals surface area contributed by atoms with Crippen molar-refractivity contribution in [1.82, 2.24) is 9.55 Å². The number of aromatic nitrogens is 2. The van der Waals surface area contributed by atoms with Crippen molar-refractivity contribution in [2.75, 3.05) is 7.11 Å². The first-order chi connectivity index (χ1) is 9.96. The zero-order chi connectivity index (χ0) is 15.2. The summed E-state index contributed by atoms with van der Waals surface area (Å²) in [5, 5.41) is -0.242. The van der Waals surface area contributed by atoms with E-state index in [9.17, 15) is 4.39 Å². The predicted molar refractivity (Wildman–Crippen MR) is 85.3 cm³/mol. The van der Waals surface area contributed by atoms with Crippen LogP contribution in [0.2, 0.25) is 0 Å². The molecule has 0 amide bonds. The van der Waals surface area contributed by atoms with Gasteiger partial charge < -0.3 is 9.30 Å². The molecule has 0 N–H and O–H groups in total. The number of ether oxygens (including phenoxy) is 1. The van der Waals surface area contributed by atoms with Crippen molar-refractivity contribution >= 4 is 38.6 Å². The maximum absolute atomic E-state index is 13.7. The third-order valence-electron chi connectivity index (χ3n) is 4.32. The normalized spacial score (nSPS) is 18.7. The van der Waals surface area contributed by atoms with Crippen molar-refractivity contribution in [3.8, 4) is 0 Å². The highest BCUT2D eigenvalue weighted by Gasteiger charge is 2.38. The second kappa shape index (κ2) is 5.52. The van der Waals surface area contributed by atoms with Gasteiger partial charge in [-0.3, -0.25) is 0 Å². The Morgan fingerprint density at radius 1 is 1.52 bits per heavy atom. The maximum atomic E-state index is 13.7. The van der Waals surface area contributed by atoms with Crippen LogP contribution in [0.4, 0.5) is 4.39 Å². The Morgan fingerprint density at radius 2 is 2.24 bits per heavy atom. The van der Waals surface area contributed by atoms with Crippen molar-refractivity contribution in [1.29, 1.82) is 0 Å². The molecule has 3 nitrogen and oxygen atoms in total. The third-order valence-corrected chi connectivity index (χ3v) is 5.12. The van der Waals surface area contributed by atoms with E-state index < -0.39 is 0 Å². The molecule has 6 heteroatoms. The summed E-state index contributed by atoms with van der Waals surface area (Å²) in [5.74, 6) is 0.443. The number of methoxy groups -OCH3 is 1. The summed E-state index contributed by atoms with van der Waals surface area (Å²) in [5.41, 5.74) is 1.37. The highest BCUT2D eigenvalue weighted by atomic mass is 79.9. The van der Waals surface area contributed by atoms with Gasteiger partial charge in [0.25, 0.3) is 0 Å². The van der Waals surface area contributed by atoms with Crippen molar-refractivity contribution in [3.63, 3.8) is 0 Å². The Balaban J connectivity index is 2.13. The van der Waals surface area contributed by atoms with Crippen molar-refractivity contribution in [2.24, 2.45) is 0 Å². The number of rotatable bonds is 4. The van der Waals surface area contributed by atoms with Crippen molar-refractivity contribution in [2.45, 2.75) is 43.7 Å². The Labute approximate surface area is 136 Å². The molecule has 1 unspecified atom stereocenters. The second-order valence-corrected chi connectivity index (χ2v) is 7.18. The SMILES string of the molecule is COC1(Cn2c(C(C)Cl)nc3cc(F)c(Br)cc32)CCC1. The summed E-state index contributed by atoms with van der Waals surface area (Å²) in [6, 6.07) is 3.21. The monoisotopic (exact) mass is 374 g/mol. The van der Waals surface area contributed by atoms with Crippen LogP contribution in [0.1, 0.15) is 37.4 Å². The van der Waals surface area contributed by atoms with Crippen LogP contribution in [0.15, 0.2) is 16.6 Å². The van der Waals surface area contributed by atoms with Gasteiger partial charge in [0.15, 0.2) is 0 Å². The number of nitrogens with zero attached hydrogens (tertiary/aromatic N) is 2. The van der Waals surface area contributed by atoms with Crippen LogP contribution in [0.5, 0.6) is 0 Å². The number of hydrogen-bond donors (Lipinski definition) is 0. The quantitative estimate of drug-likeness (QED) is 0.717. The minimum absolute atomic E-state index is 0.144. The lowest BCUT2D eigenvalue weighted by Crippen LogP contribution is -2.43. The van der Waals surface area contributed by atoms with E-state index in [4.69, 9.17) is 16.3 Å². The molecular weight excluding hydrogens is 359 g/mol. The molecule has 1 aliphatic carbocycles. The molecule has 2 aromatic rings. The molecule has 1 fully saturated rings. The second-order valence-electron chi connectivity index (χ2n) is 5.67. The van der Waals surface area contributed by atoms with Gasteiger partial charge in [-0.15, -0.1) is 11.6 Å². The molecule has 0 spiro atoms. The van der Waals surface area contributed by atoms with Crippen LogP contribution < -0.4 is 0 Å². The number of imidazole rings is 1. The largest absolute Gasteiger partial charge is 0.376 e. The molecular formula is C15H17BrClFN2O. The van der Waals surface area contributed by atoms with Crippen LogP contribution in [0.3, 0.4) is 0 Å². The summed E-state index contributed by atoms with van der Waals surface area (Å²) >= 11 is 9.51. The minimum atomic E-state index is -0.314. The third kappa shape index (κ3) is 2.60. The maximum Gasteiger partial charge on any atom is 0.139 e. The van der Waals surface area contributed by atoms with E-state index in [0.29, 0.717) is 16.5 Å². The van der Waals surface area contributed by atoms with Gasteiger partial charge in [0.1, 0.15) is 11.6 Å². The van der Waals surface area contributed by atoms with Crippen LogP contribution in [0, 0.1) is 5.82 Å². The average molecular weight is 376 g/mol. The molecule has 1 saturated carbocycles. The van der Waals surface area contributed by atoms with E-state index in [0.717, 1.165) is 24.2 Å². The molecule has 1 aliphatic rings. The fourth-order valence-corrected chi connectivity index (χ4v) is 3.39. The Hall–Kier alpha value is -0.650. The van der Waals surface area contributed by atoms with Gasteiger partial charge in [0.2, 0.25) is 0 Å². The Kier molecular flexibility index (Phi) is 4.01. The van der Waals surface area contributed by atoms with Gasteiger partial charge in [-0.05, 0) is 48.2 Å². The van der Waals surface area contributed by atoms with Crippen LogP contribution >= 0.6 is 27.5 Å². The molecule has 114 valence electrons. The lowest BCUT2D eigenvalue weighted by atomic mass is 9.80. The molecule has 1 aromatic carbocycles. The molecule has 21 heavy (non-hydrogen) atoms. The number of alkyl halides is 1. The fraction of sp³-hybridized carbons (Fsp3) is 0.533. The highest BCUT2D eigenvalue weighted by Crippen LogP contribution is 2.39. The number of halogens is 3. The first-order valence-electron chi connectivity index (χ1n) is 7.00. The van der Waals surface area contributed by atoms with Gasteiger partial charge in [0, 0.05) is 13.2 Å². The number of benzene rings is 1. The van der Waals surface area contributed by atoms with Gasteiger partial charge in [-0.1, -0.05) is 0 Å². The van der Waals surface area contributed by atoms with Crippen LogP contribution in [-0.2, 0) is 11.3 Å². The van der Waals surface area contributed by atoms with Gasteiger partial charge in [-0.2, -0.15) is 0 Å². The topological polar surface area (TPSA) is 27.1 Å². The smallest absolute Gasteiger partial charge is 0.139 e. The van der Waals surface area contributed by atoms with E-state index in [1.54, 1.807) is 13.2 Å². The summed E-state index contributed by atoms with van der Waals surface area (Å²) in [6.07, 6.45) is 3.23. The standard InChI is InChI=1S/C15H17BrClFN2O/c1-9(17)14-19-12-7-11(18)10(16)6-13(12)20(14)8-15(21-2)4-3-5-15/h6-7,9H,3-5,8H2,1-2H3. The van der Waals surface area contributed by atoms with Crippen molar-refractivity contribution in [3.05, 3.63) is 28.2 Å². The van der Waals surface area contributed by atoms with E-state index in [1.807, 2.05) is 6.92 Å². The molecule has 3 rings (SSSR count). The minimum Gasteiger partial charge on any atom is -0.376 e. The number of fused-ring (bicyclic) bond motifs is 1. The zero-order valence-electron chi connectivity index (χ0n) is 12.0. The molecule has 1 atom stereocenters. The molecule has 1 aromatic heterocycles. The lowest BCUT2D eigenvalue weighted by molar-refractivity contribution is -0.0832. The zero-order valence-corrected chi connectivity index (χ0v) is 14.3. The lowest BCUT2D eigenvalue weighted by Gasteiger charge is -2.41.